The molecule has 5 N–H and O–H groups in total. The monoisotopic (exact) mass is 293 g/mol. The molecule has 9 nitrogen and oxygen atoms in total. The summed E-state index contributed by atoms with van der Waals surface area (Å²) < 4.78 is 6.95. The summed E-state index contributed by atoms with van der Waals surface area (Å²) in [5.41, 5.74) is 4.57. The van der Waals surface area contributed by atoms with E-state index in [4.69, 9.17) is 10.5 Å². The Morgan fingerprint density at radius 1 is 1.52 bits per heavy atom. The lowest BCUT2D eigenvalue weighted by Crippen LogP contribution is -2.45. The van der Waals surface area contributed by atoms with Crippen molar-refractivity contribution in [3.05, 3.63) is 25.2 Å². The lowest BCUT2D eigenvalue weighted by atomic mass is 9.94. The maximum atomic E-state index is 10.6. The van der Waals surface area contributed by atoms with Gasteiger partial charge in [0.15, 0.2) is 17.5 Å². The highest BCUT2D eigenvalue weighted by Crippen LogP contribution is 2.40. The van der Waals surface area contributed by atoms with Gasteiger partial charge in [-0.1, -0.05) is 12.7 Å². The van der Waals surface area contributed by atoms with Crippen molar-refractivity contribution < 1.29 is 20.1 Å². The van der Waals surface area contributed by atoms with Crippen molar-refractivity contribution in [1.82, 2.24) is 19.5 Å². The molecule has 0 unspecified atom stereocenters. The number of anilines is 1. The molecule has 1 saturated heterocycles. The molecular formula is C12H15N5O4. The van der Waals surface area contributed by atoms with Crippen molar-refractivity contribution in [3.63, 3.8) is 0 Å². The molecule has 1 aliphatic heterocycles. The highest BCUT2D eigenvalue weighted by Gasteiger charge is 2.54. The minimum atomic E-state index is -1.79. The van der Waals surface area contributed by atoms with Crippen LogP contribution in [0.5, 0.6) is 0 Å². The van der Waals surface area contributed by atoms with Crippen LogP contribution in [-0.4, -0.2) is 59.3 Å². The maximum Gasteiger partial charge on any atom is 0.222 e. The number of nitrogens with two attached hydrogens (primary N) is 1. The van der Waals surface area contributed by atoms with Gasteiger partial charge in [0.1, 0.15) is 17.7 Å². The summed E-state index contributed by atoms with van der Waals surface area (Å²) >= 11 is 0. The van der Waals surface area contributed by atoms with Crippen LogP contribution in [0.2, 0.25) is 0 Å². The normalized spacial score (nSPS) is 32.6. The Labute approximate surface area is 119 Å². The predicted octanol–water partition coefficient (Wildman–Crippen LogP) is -1.42. The van der Waals surface area contributed by atoms with E-state index in [0.29, 0.717) is 11.2 Å². The van der Waals surface area contributed by atoms with Crippen LogP contribution in [0.25, 0.3) is 11.2 Å². The summed E-state index contributed by atoms with van der Waals surface area (Å²) in [4.78, 5) is 12.0. The number of fused-ring (bicyclic) bond motifs is 1. The van der Waals surface area contributed by atoms with E-state index in [1.54, 1.807) is 0 Å². The maximum absolute atomic E-state index is 10.6. The fourth-order valence-electron chi connectivity index (χ4n) is 2.46. The molecule has 0 spiro atoms. The first-order valence-electron chi connectivity index (χ1n) is 6.26. The van der Waals surface area contributed by atoms with Crippen LogP contribution < -0.4 is 5.73 Å². The number of aliphatic hydroxyl groups is 3. The average Bonchev–Trinajstić information content (AvgIpc) is 2.99. The molecule has 1 aliphatic rings. The zero-order chi connectivity index (χ0) is 15.2. The molecule has 0 bridgehead atoms. The van der Waals surface area contributed by atoms with Gasteiger partial charge < -0.3 is 25.8 Å². The molecule has 0 amide bonds. The summed E-state index contributed by atoms with van der Waals surface area (Å²) in [6.45, 7) is 3.08. The van der Waals surface area contributed by atoms with E-state index in [1.807, 2.05) is 0 Å². The van der Waals surface area contributed by atoms with Crippen molar-refractivity contribution >= 4 is 17.1 Å². The summed E-state index contributed by atoms with van der Waals surface area (Å²) in [6.07, 6.45) is 0.687. The Morgan fingerprint density at radius 3 is 2.95 bits per heavy atom. The highest BCUT2D eigenvalue weighted by molar-refractivity contribution is 5.70. The Morgan fingerprint density at radius 2 is 2.29 bits per heavy atom. The van der Waals surface area contributed by atoms with Gasteiger partial charge in [-0.05, 0) is 0 Å². The lowest BCUT2D eigenvalue weighted by Gasteiger charge is -2.28. The van der Waals surface area contributed by atoms with Gasteiger partial charge in [0.25, 0.3) is 0 Å². The predicted molar refractivity (Wildman–Crippen MR) is 71.9 cm³/mol. The van der Waals surface area contributed by atoms with Gasteiger partial charge >= 0.3 is 0 Å². The second-order valence-electron chi connectivity index (χ2n) is 4.83. The lowest BCUT2D eigenvalue weighted by molar-refractivity contribution is -0.0771. The van der Waals surface area contributed by atoms with Crippen molar-refractivity contribution in [1.29, 1.82) is 0 Å². The third-order valence-electron chi connectivity index (χ3n) is 3.62. The number of hydrogen-bond acceptors (Lipinski definition) is 8. The van der Waals surface area contributed by atoms with Crippen LogP contribution in [0.4, 0.5) is 5.95 Å². The first-order valence-corrected chi connectivity index (χ1v) is 6.26. The Kier molecular flexibility index (Phi) is 3.14. The van der Waals surface area contributed by atoms with Gasteiger partial charge in [-0.3, -0.25) is 4.57 Å². The van der Waals surface area contributed by atoms with Crippen LogP contribution >= 0.6 is 0 Å². The third-order valence-corrected chi connectivity index (χ3v) is 3.62. The number of aromatic nitrogens is 4. The van der Waals surface area contributed by atoms with Crippen molar-refractivity contribution in [3.8, 4) is 0 Å². The number of nitrogen functional groups attached to an aromatic ring is 1. The average molecular weight is 293 g/mol. The SMILES string of the molecule is C=C[C@@]1(O)[C@H](O)[C@@H](CO)O[C@H]1n1cnc2cnc(N)nc21. The molecule has 3 heterocycles. The van der Waals surface area contributed by atoms with E-state index in [0.717, 1.165) is 0 Å². The molecule has 2 aromatic rings. The molecule has 1 fully saturated rings. The summed E-state index contributed by atoms with van der Waals surface area (Å²) in [5.74, 6) is 0.0450. The smallest absolute Gasteiger partial charge is 0.222 e. The Hall–Kier alpha value is -2.07. The van der Waals surface area contributed by atoms with Gasteiger partial charge in [-0.2, -0.15) is 4.98 Å². The number of aliphatic hydroxyl groups excluding tert-OH is 2. The van der Waals surface area contributed by atoms with Crippen LogP contribution in [0, 0.1) is 0 Å². The van der Waals surface area contributed by atoms with Gasteiger partial charge in [0.05, 0.1) is 19.1 Å². The molecule has 0 saturated carbocycles. The van der Waals surface area contributed by atoms with Crippen molar-refractivity contribution in [2.24, 2.45) is 0 Å². The minimum Gasteiger partial charge on any atom is -0.394 e. The number of hydrogen-bond donors (Lipinski definition) is 4. The summed E-state index contributed by atoms with van der Waals surface area (Å²) in [7, 11) is 0. The molecule has 4 atom stereocenters. The topological polar surface area (TPSA) is 140 Å². The molecule has 112 valence electrons. The number of ether oxygens (including phenoxy) is 1. The van der Waals surface area contributed by atoms with Crippen LogP contribution in [0.15, 0.2) is 25.2 Å². The fourth-order valence-corrected chi connectivity index (χ4v) is 2.46. The molecule has 3 rings (SSSR count). The second kappa shape index (κ2) is 4.74. The first kappa shape index (κ1) is 13.9. The number of nitrogens with zero attached hydrogens (tertiary/aromatic N) is 4. The standard InChI is InChI=1S/C12H15N5O4/c1-2-12(20)8(19)7(4-18)21-10(12)17-5-15-6-3-14-11(13)16-9(6)17/h2-3,5,7-8,10,18-20H,1,4H2,(H2,13,14,16)/t7-,8-,10-,12-/m1/s1. The van der Waals surface area contributed by atoms with E-state index in [1.165, 1.54) is 23.2 Å². The largest absolute Gasteiger partial charge is 0.394 e. The van der Waals surface area contributed by atoms with E-state index in [9.17, 15) is 15.3 Å². The number of imidazole rings is 1. The summed E-state index contributed by atoms with van der Waals surface area (Å²) in [5, 5.41) is 29.9. The summed E-state index contributed by atoms with van der Waals surface area (Å²) in [6, 6.07) is 0. The molecule has 2 aromatic heterocycles. The Bertz CT molecular complexity index is 689. The van der Waals surface area contributed by atoms with Gasteiger partial charge in [0.2, 0.25) is 5.95 Å². The van der Waals surface area contributed by atoms with E-state index in [-0.39, 0.29) is 5.95 Å². The van der Waals surface area contributed by atoms with Crippen molar-refractivity contribution in [2.45, 2.75) is 24.0 Å². The van der Waals surface area contributed by atoms with Crippen LogP contribution in [0.1, 0.15) is 6.23 Å². The van der Waals surface area contributed by atoms with E-state index < -0.39 is 30.6 Å². The first-order chi connectivity index (χ1) is 10.0. The molecular weight excluding hydrogens is 278 g/mol. The van der Waals surface area contributed by atoms with Crippen LogP contribution in [-0.2, 0) is 4.74 Å². The second-order valence-corrected chi connectivity index (χ2v) is 4.83. The zero-order valence-electron chi connectivity index (χ0n) is 11.0. The van der Waals surface area contributed by atoms with E-state index in [2.05, 4.69) is 21.5 Å². The quantitative estimate of drug-likeness (QED) is 0.505. The number of rotatable bonds is 3. The van der Waals surface area contributed by atoms with Crippen molar-refractivity contribution in [2.75, 3.05) is 12.3 Å². The van der Waals surface area contributed by atoms with E-state index >= 15 is 0 Å². The van der Waals surface area contributed by atoms with Gasteiger partial charge in [-0.25, -0.2) is 9.97 Å². The van der Waals surface area contributed by atoms with Crippen LogP contribution in [0.3, 0.4) is 0 Å². The molecule has 21 heavy (non-hydrogen) atoms. The Balaban J connectivity index is 2.13. The molecule has 0 aliphatic carbocycles. The molecule has 0 aromatic carbocycles. The minimum absolute atomic E-state index is 0.0450. The fraction of sp³-hybridized carbons (Fsp3) is 0.417. The zero-order valence-corrected chi connectivity index (χ0v) is 11.0. The molecule has 0 radical (unpaired) electrons. The molecule has 9 heteroatoms. The third kappa shape index (κ3) is 1.90. The van der Waals surface area contributed by atoms with Gasteiger partial charge in [0, 0.05) is 0 Å². The highest BCUT2D eigenvalue weighted by atomic mass is 16.6. The van der Waals surface area contributed by atoms with Gasteiger partial charge in [-0.15, -0.1) is 0 Å².